The number of carbonyl (C=O) groups is 3. The van der Waals surface area contributed by atoms with Crippen molar-refractivity contribution in [3.8, 4) is 0 Å². The highest BCUT2D eigenvalue weighted by Gasteiger charge is 2.40. The van der Waals surface area contributed by atoms with Gasteiger partial charge in [0.1, 0.15) is 0 Å². The molecule has 0 bridgehead atoms. The molecule has 0 amide bonds. The molecule has 0 saturated heterocycles. The molecule has 1 saturated carbocycles. The van der Waals surface area contributed by atoms with Crippen LogP contribution < -0.4 is 21.3 Å². The Kier molecular flexibility index (Phi) is 7.75. The van der Waals surface area contributed by atoms with Crippen molar-refractivity contribution in [2.24, 2.45) is 7.05 Å². The molecular formula is C25H28N2O8. The van der Waals surface area contributed by atoms with Gasteiger partial charge in [-0.15, -0.1) is 0 Å². The van der Waals surface area contributed by atoms with Crippen molar-refractivity contribution in [1.82, 2.24) is 9.88 Å². The first-order valence-corrected chi connectivity index (χ1v) is 11.2. The van der Waals surface area contributed by atoms with E-state index < -0.39 is 36.4 Å². The maximum atomic E-state index is 12.5. The number of hydrogen-bond donors (Lipinski definition) is 5. The van der Waals surface area contributed by atoms with E-state index in [9.17, 15) is 19.2 Å². The highest BCUT2D eigenvalue weighted by atomic mass is 16.4. The Morgan fingerprint density at radius 3 is 2.23 bits per heavy atom. The predicted octanol–water partition coefficient (Wildman–Crippen LogP) is -0.0102. The van der Waals surface area contributed by atoms with Crippen molar-refractivity contribution in [3.63, 3.8) is 0 Å². The van der Waals surface area contributed by atoms with Crippen molar-refractivity contribution >= 4 is 29.2 Å². The number of aromatic nitrogens is 1. The molecule has 186 valence electrons. The van der Waals surface area contributed by atoms with Gasteiger partial charge in [-0.3, -0.25) is 14.4 Å². The summed E-state index contributed by atoms with van der Waals surface area (Å²) in [5.41, 5.74) is 0.587. The summed E-state index contributed by atoms with van der Waals surface area (Å²) >= 11 is 0. The van der Waals surface area contributed by atoms with Crippen molar-refractivity contribution in [2.75, 3.05) is 0 Å². The van der Waals surface area contributed by atoms with Gasteiger partial charge in [0.15, 0.2) is 5.60 Å². The summed E-state index contributed by atoms with van der Waals surface area (Å²) in [6, 6.07) is 12.7. The normalized spacial score (nSPS) is 16.7. The first-order valence-electron chi connectivity index (χ1n) is 11.2. The van der Waals surface area contributed by atoms with Gasteiger partial charge in [0.05, 0.1) is 24.1 Å². The largest absolute Gasteiger partial charge is 0.481 e. The smallest absolute Gasteiger partial charge is 0.336 e. The van der Waals surface area contributed by atoms with E-state index in [2.05, 4.69) is 29.6 Å². The molecule has 2 aromatic rings. The van der Waals surface area contributed by atoms with E-state index in [4.69, 9.17) is 20.4 Å². The second-order valence-corrected chi connectivity index (χ2v) is 8.70. The van der Waals surface area contributed by atoms with E-state index in [0.29, 0.717) is 6.04 Å². The number of aliphatic hydroxyl groups is 1. The van der Waals surface area contributed by atoms with Crippen LogP contribution >= 0.6 is 0 Å². The second-order valence-electron chi connectivity index (χ2n) is 8.70. The van der Waals surface area contributed by atoms with Gasteiger partial charge in [0, 0.05) is 24.5 Å². The van der Waals surface area contributed by atoms with Gasteiger partial charge in [-0.2, -0.15) is 0 Å². The summed E-state index contributed by atoms with van der Waals surface area (Å²) in [5, 5.41) is 40.0. The first-order chi connectivity index (χ1) is 16.5. The molecule has 2 aliphatic rings. The standard InChI is InChI=1S/C19H20N2O.C6H8O7/c1-21-12-6-10-16(19(21)22)18-15-9-3-2-7-13(15)14-8-4-5-11-17(14)20-18;7-3(8)1-6(13,5(11)12)2-4(9)10/h2-3,6-7,9-10,12,17,20H,4-5,8,11H2,1H3;13H,1-2H2,(H,7,8)(H,9,10)(H,11,12). The fraction of sp³-hybridized carbons (Fsp3) is 0.360. The van der Waals surface area contributed by atoms with Gasteiger partial charge >= 0.3 is 17.9 Å². The lowest BCUT2D eigenvalue weighted by atomic mass is 9.85. The second kappa shape index (κ2) is 10.6. The van der Waals surface area contributed by atoms with Crippen LogP contribution in [0.2, 0.25) is 0 Å². The van der Waals surface area contributed by atoms with Crippen LogP contribution in [0, 0.1) is 0 Å². The summed E-state index contributed by atoms with van der Waals surface area (Å²) in [6.45, 7) is 0. The van der Waals surface area contributed by atoms with E-state index >= 15 is 0 Å². The minimum atomic E-state index is -2.74. The van der Waals surface area contributed by atoms with Crippen LogP contribution in [0.5, 0.6) is 0 Å². The Balaban J connectivity index is 0.000000228. The van der Waals surface area contributed by atoms with Gasteiger partial charge in [0.2, 0.25) is 0 Å². The number of pyridine rings is 1. The van der Waals surface area contributed by atoms with Gasteiger partial charge < -0.3 is 30.3 Å². The Hall–Kier alpha value is -3.92. The molecule has 1 fully saturated rings. The molecule has 1 aliphatic heterocycles. The Labute approximate surface area is 200 Å². The lowest BCUT2D eigenvalue weighted by Gasteiger charge is -2.32. The SMILES string of the molecule is Cn1cccc(C2=c3ccccc3=C3CCCCC3N2)c1=O.O=C(O)CC(O)(CC(=O)O)C(=O)O. The molecule has 10 nitrogen and oxygen atoms in total. The van der Waals surface area contributed by atoms with Crippen molar-refractivity contribution < 1.29 is 34.8 Å². The monoisotopic (exact) mass is 484 g/mol. The molecule has 1 atom stereocenters. The Morgan fingerprint density at radius 2 is 1.63 bits per heavy atom. The summed E-state index contributed by atoms with van der Waals surface area (Å²) in [6.07, 6.45) is 4.35. The zero-order valence-corrected chi connectivity index (χ0v) is 19.2. The number of nitrogens with zero attached hydrogens (tertiary/aromatic N) is 1. The first kappa shape index (κ1) is 25.7. The number of carboxylic acid groups (broad SMARTS) is 3. The fourth-order valence-corrected chi connectivity index (χ4v) is 4.45. The average molecular weight is 485 g/mol. The van der Waals surface area contributed by atoms with Crippen molar-refractivity contribution in [2.45, 2.75) is 50.2 Å². The number of benzene rings is 1. The van der Waals surface area contributed by atoms with Crippen LogP contribution in [0.4, 0.5) is 0 Å². The molecule has 1 unspecified atom stereocenters. The molecule has 35 heavy (non-hydrogen) atoms. The number of aryl methyl sites for hydroxylation is 1. The maximum absolute atomic E-state index is 12.5. The highest BCUT2D eigenvalue weighted by Crippen LogP contribution is 2.26. The van der Waals surface area contributed by atoms with Crippen molar-refractivity contribution in [1.29, 1.82) is 0 Å². The summed E-state index contributed by atoms with van der Waals surface area (Å²) < 4.78 is 1.65. The van der Waals surface area contributed by atoms with Crippen LogP contribution in [0.15, 0.2) is 47.4 Å². The van der Waals surface area contributed by atoms with E-state index in [1.807, 2.05) is 12.1 Å². The molecule has 5 N–H and O–H groups in total. The molecular weight excluding hydrogens is 456 g/mol. The van der Waals surface area contributed by atoms with E-state index in [1.54, 1.807) is 17.8 Å². The van der Waals surface area contributed by atoms with Crippen LogP contribution in [-0.2, 0) is 21.4 Å². The van der Waals surface area contributed by atoms with Crippen LogP contribution in [0.1, 0.15) is 44.1 Å². The molecule has 1 aromatic heterocycles. The summed E-state index contributed by atoms with van der Waals surface area (Å²) in [5.74, 6) is -5.02. The van der Waals surface area contributed by atoms with Gasteiger partial charge in [0.25, 0.3) is 5.56 Å². The van der Waals surface area contributed by atoms with Crippen LogP contribution in [0.3, 0.4) is 0 Å². The Bertz CT molecular complexity index is 1310. The lowest BCUT2D eigenvalue weighted by Crippen LogP contribution is -2.48. The fourth-order valence-electron chi connectivity index (χ4n) is 4.45. The highest BCUT2D eigenvalue weighted by molar-refractivity contribution is 5.88. The Morgan fingerprint density at radius 1 is 1.00 bits per heavy atom. The van der Waals surface area contributed by atoms with Gasteiger partial charge in [-0.25, -0.2) is 4.79 Å². The molecule has 1 aliphatic carbocycles. The third-order valence-electron chi connectivity index (χ3n) is 6.15. The van der Waals surface area contributed by atoms with Crippen molar-refractivity contribution in [3.05, 3.63) is 68.9 Å². The number of aliphatic carboxylic acids is 3. The number of fused-ring (bicyclic) bond motifs is 2. The third kappa shape index (κ3) is 5.78. The van der Waals surface area contributed by atoms with Crippen LogP contribution in [-0.4, -0.2) is 54.5 Å². The molecule has 0 spiro atoms. The minimum Gasteiger partial charge on any atom is -0.481 e. The molecule has 1 aromatic carbocycles. The number of hydrogen-bond acceptors (Lipinski definition) is 6. The summed E-state index contributed by atoms with van der Waals surface area (Å²) in [4.78, 5) is 43.0. The molecule has 4 rings (SSSR count). The minimum absolute atomic E-state index is 0.0547. The predicted molar refractivity (Wildman–Crippen MR) is 126 cm³/mol. The van der Waals surface area contributed by atoms with Gasteiger partial charge in [-0.05, 0) is 42.2 Å². The number of carboxylic acids is 3. The molecule has 0 radical (unpaired) electrons. The molecule has 2 heterocycles. The quantitative estimate of drug-likeness (QED) is 0.379. The van der Waals surface area contributed by atoms with E-state index in [1.165, 1.54) is 28.9 Å². The number of rotatable bonds is 6. The summed E-state index contributed by atoms with van der Waals surface area (Å²) in [7, 11) is 1.80. The average Bonchev–Trinajstić information content (AvgIpc) is 2.80. The third-order valence-corrected chi connectivity index (χ3v) is 6.15. The van der Waals surface area contributed by atoms with Gasteiger partial charge in [-0.1, -0.05) is 30.7 Å². The zero-order chi connectivity index (χ0) is 25.8. The van der Waals surface area contributed by atoms with E-state index in [0.717, 1.165) is 24.1 Å². The van der Waals surface area contributed by atoms with E-state index in [-0.39, 0.29) is 5.56 Å². The lowest BCUT2D eigenvalue weighted by molar-refractivity contribution is -0.170. The van der Waals surface area contributed by atoms with Crippen LogP contribution in [0.25, 0.3) is 11.3 Å². The molecule has 10 heteroatoms. The topological polar surface area (TPSA) is 166 Å². The maximum Gasteiger partial charge on any atom is 0.336 e. The number of nitrogens with one attached hydrogen (secondary N) is 1. The zero-order valence-electron chi connectivity index (χ0n) is 19.2.